The van der Waals surface area contributed by atoms with E-state index in [9.17, 15) is 4.79 Å². The van der Waals surface area contributed by atoms with E-state index >= 15 is 0 Å². The molecule has 1 fully saturated rings. The number of fused-ring (bicyclic) bond motifs is 1. The molecule has 3 atom stereocenters. The fourth-order valence-corrected chi connectivity index (χ4v) is 4.65. The predicted molar refractivity (Wildman–Crippen MR) is 140 cm³/mol. The SMILES string of the molecule is Cc1ccc2nc(/C=C\c3ccccn3)nc(C3CCC(C)(N)CC3NC(=O)OC(C)(C)C)c2c1. The number of nitrogens with zero attached hydrogens (tertiary/aromatic N) is 3. The Morgan fingerprint density at radius 3 is 2.71 bits per heavy atom. The number of rotatable bonds is 4. The van der Waals surface area contributed by atoms with Gasteiger partial charge in [0.1, 0.15) is 5.60 Å². The second-order valence-corrected chi connectivity index (χ2v) is 10.8. The average Bonchev–Trinajstić information content (AvgIpc) is 2.76. The van der Waals surface area contributed by atoms with Gasteiger partial charge in [-0.15, -0.1) is 0 Å². The summed E-state index contributed by atoms with van der Waals surface area (Å²) < 4.78 is 5.57. The molecule has 1 aliphatic carbocycles. The zero-order valence-electron chi connectivity index (χ0n) is 21.2. The van der Waals surface area contributed by atoms with E-state index in [0.29, 0.717) is 12.2 Å². The van der Waals surface area contributed by atoms with Crippen molar-refractivity contribution in [3.63, 3.8) is 0 Å². The van der Waals surface area contributed by atoms with Crippen LogP contribution in [-0.4, -0.2) is 38.2 Å². The topological polar surface area (TPSA) is 103 Å². The number of pyridine rings is 1. The molecule has 1 amide bonds. The summed E-state index contributed by atoms with van der Waals surface area (Å²) in [7, 11) is 0. The first-order valence-electron chi connectivity index (χ1n) is 12.1. The van der Waals surface area contributed by atoms with Crippen molar-refractivity contribution < 1.29 is 9.53 Å². The Bertz CT molecular complexity index is 1230. The van der Waals surface area contributed by atoms with E-state index in [1.807, 2.05) is 64.1 Å². The zero-order chi connectivity index (χ0) is 25.2. The lowest BCUT2D eigenvalue weighted by Gasteiger charge is -2.41. The molecule has 0 bridgehead atoms. The summed E-state index contributed by atoms with van der Waals surface area (Å²) in [5.41, 5.74) is 9.36. The first-order valence-corrected chi connectivity index (χ1v) is 12.1. The van der Waals surface area contributed by atoms with Crippen molar-refractivity contribution >= 4 is 29.1 Å². The number of ether oxygens (including phenoxy) is 1. The number of hydrogen-bond donors (Lipinski definition) is 2. The predicted octanol–water partition coefficient (Wildman–Crippen LogP) is 5.38. The van der Waals surface area contributed by atoms with E-state index in [1.54, 1.807) is 6.20 Å². The van der Waals surface area contributed by atoms with Gasteiger partial charge in [0.25, 0.3) is 0 Å². The lowest BCUT2D eigenvalue weighted by Crippen LogP contribution is -2.53. The fraction of sp³-hybridized carbons (Fsp3) is 0.429. The maximum absolute atomic E-state index is 12.7. The summed E-state index contributed by atoms with van der Waals surface area (Å²) in [5.74, 6) is 0.590. The molecule has 0 saturated heterocycles. The molecule has 4 rings (SSSR count). The maximum atomic E-state index is 12.7. The van der Waals surface area contributed by atoms with Crippen molar-refractivity contribution in [1.29, 1.82) is 0 Å². The molecule has 7 heteroatoms. The minimum atomic E-state index is -0.581. The summed E-state index contributed by atoms with van der Waals surface area (Å²) in [5, 5.41) is 4.11. The van der Waals surface area contributed by atoms with Crippen LogP contribution in [0.1, 0.15) is 75.7 Å². The number of carbonyl (C=O) groups is 1. The van der Waals surface area contributed by atoms with Crippen molar-refractivity contribution in [2.45, 2.75) is 77.0 Å². The number of nitrogens with two attached hydrogens (primary N) is 1. The molecule has 1 aliphatic rings. The molecule has 0 radical (unpaired) electrons. The van der Waals surface area contributed by atoms with E-state index in [0.717, 1.165) is 40.7 Å². The van der Waals surface area contributed by atoms with E-state index in [2.05, 4.69) is 29.4 Å². The molecule has 3 aromatic rings. The molecule has 2 aromatic heterocycles. The molecule has 0 spiro atoms. The Morgan fingerprint density at radius 2 is 2.00 bits per heavy atom. The van der Waals surface area contributed by atoms with Gasteiger partial charge in [-0.3, -0.25) is 4.98 Å². The number of carbonyl (C=O) groups excluding carboxylic acids is 1. The van der Waals surface area contributed by atoms with Gasteiger partial charge in [-0.25, -0.2) is 14.8 Å². The minimum Gasteiger partial charge on any atom is -0.444 e. The highest BCUT2D eigenvalue weighted by molar-refractivity contribution is 5.83. The lowest BCUT2D eigenvalue weighted by molar-refractivity contribution is 0.0471. The van der Waals surface area contributed by atoms with Crippen LogP contribution in [0.5, 0.6) is 0 Å². The number of benzene rings is 1. The smallest absolute Gasteiger partial charge is 0.407 e. The normalized spacial score (nSPS) is 22.9. The van der Waals surface area contributed by atoms with Gasteiger partial charge in [0.15, 0.2) is 5.82 Å². The van der Waals surface area contributed by atoms with E-state index < -0.39 is 11.7 Å². The Labute approximate surface area is 207 Å². The van der Waals surface area contributed by atoms with E-state index in [-0.39, 0.29) is 17.5 Å². The second kappa shape index (κ2) is 9.74. The van der Waals surface area contributed by atoms with Crippen molar-refractivity contribution in [2.24, 2.45) is 5.73 Å². The number of hydrogen-bond acceptors (Lipinski definition) is 6. The molecule has 184 valence electrons. The maximum Gasteiger partial charge on any atom is 0.407 e. The van der Waals surface area contributed by atoms with Crippen LogP contribution in [-0.2, 0) is 4.74 Å². The number of aromatic nitrogens is 3. The summed E-state index contributed by atoms with van der Waals surface area (Å²) in [6.45, 7) is 9.68. The quantitative estimate of drug-likeness (QED) is 0.527. The van der Waals surface area contributed by atoms with Gasteiger partial charge in [-0.05, 0) is 90.3 Å². The van der Waals surface area contributed by atoms with Gasteiger partial charge in [-0.2, -0.15) is 0 Å². The van der Waals surface area contributed by atoms with Crippen LogP contribution in [0.4, 0.5) is 4.79 Å². The van der Waals surface area contributed by atoms with Crippen molar-refractivity contribution in [3.8, 4) is 0 Å². The van der Waals surface area contributed by atoms with Crippen molar-refractivity contribution in [1.82, 2.24) is 20.3 Å². The third-order valence-electron chi connectivity index (χ3n) is 6.24. The van der Waals surface area contributed by atoms with Crippen LogP contribution in [0, 0.1) is 6.92 Å². The number of alkyl carbamates (subject to hydrolysis) is 1. The van der Waals surface area contributed by atoms with Gasteiger partial charge >= 0.3 is 6.09 Å². The minimum absolute atomic E-state index is 0.0200. The zero-order valence-corrected chi connectivity index (χ0v) is 21.2. The molecular weight excluding hydrogens is 438 g/mol. The average molecular weight is 474 g/mol. The van der Waals surface area contributed by atoms with Crippen LogP contribution in [0.2, 0.25) is 0 Å². The van der Waals surface area contributed by atoms with Gasteiger partial charge in [0.05, 0.1) is 16.9 Å². The Balaban J connectivity index is 1.75. The summed E-state index contributed by atoms with van der Waals surface area (Å²) in [6, 6.07) is 11.8. The third-order valence-corrected chi connectivity index (χ3v) is 6.24. The van der Waals surface area contributed by atoms with Crippen molar-refractivity contribution in [2.75, 3.05) is 0 Å². The highest BCUT2D eigenvalue weighted by Crippen LogP contribution is 2.39. The van der Waals surface area contributed by atoms with Gasteiger partial charge in [0, 0.05) is 29.1 Å². The lowest BCUT2D eigenvalue weighted by atomic mass is 9.73. The third kappa shape index (κ3) is 6.42. The van der Waals surface area contributed by atoms with Crippen LogP contribution < -0.4 is 11.1 Å². The van der Waals surface area contributed by atoms with E-state index in [1.165, 1.54) is 0 Å². The summed E-state index contributed by atoms with van der Waals surface area (Å²) in [6.07, 6.45) is 7.39. The standard InChI is InChI=1S/C28H35N5O2/c1-18-9-11-22-21(16-18)25(33-24(31-22)12-10-19-8-6-7-15-30-19)20-13-14-28(5,29)17-23(20)32-26(34)35-27(2,3)4/h6-12,15-16,20,23H,13-14,17,29H2,1-5H3,(H,32,34)/b12-10-. The molecule has 35 heavy (non-hydrogen) atoms. The summed E-state index contributed by atoms with van der Waals surface area (Å²) in [4.78, 5) is 26.9. The molecule has 2 heterocycles. The molecule has 3 N–H and O–H groups in total. The fourth-order valence-electron chi connectivity index (χ4n) is 4.65. The molecule has 0 aliphatic heterocycles. The monoisotopic (exact) mass is 473 g/mol. The highest BCUT2D eigenvalue weighted by Gasteiger charge is 2.39. The Hall–Kier alpha value is -3.32. The Morgan fingerprint density at radius 1 is 1.20 bits per heavy atom. The van der Waals surface area contributed by atoms with Crippen LogP contribution in [0.3, 0.4) is 0 Å². The molecule has 3 unspecified atom stereocenters. The highest BCUT2D eigenvalue weighted by atomic mass is 16.6. The Kier molecular flexibility index (Phi) is 6.90. The second-order valence-electron chi connectivity index (χ2n) is 10.8. The van der Waals surface area contributed by atoms with E-state index in [4.69, 9.17) is 20.4 Å². The number of aryl methyl sites for hydroxylation is 1. The van der Waals surface area contributed by atoms with Gasteiger partial charge in [0.2, 0.25) is 0 Å². The molecule has 7 nitrogen and oxygen atoms in total. The molecular formula is C28H35N5O2. The first-order chi connectivity index (χ1) is 16.5. The van der Waals surface area contributed by atoms with Crippen LogP contribution >= 0.6 is 0 Å². The molecule has 1 saturated carbocycles. The summed E-state index contributed by atoms with van der Waals surface area (Å²) >= 11 is 0. The molecule has 1 aromatic carbocycles. The first kappa shape index (κ1) is 24.8. The van der Waals surface area contributed by atoms with Crippen molar-refractivity contribution in [3.05, 3.63) is 65.4 Å². The number of nitrogens with one attached hydrogen (secondary N) is 1. The van der Waals surface area contributed by atoms with Crippen LogP contribution in [0.25, 0.3) is 23.1 Å². The van der Waals surface area contributed by atoms with Gasteiger partial charge in [-0.1, -0.05) is 17.7 Å². The number of amides is 1. The van der Waals surface area contributed by atoms with Crippen LogP contribution in [0.15, 0.2) is 42.6 Å². The largest absolute Gasteiger partial charge is 0.444 e. The van der Waals surface area contributed by atoms with Gasteiger partial charge < -0.3 is 15.8 Å².